The predicted octanol–water partition coefficient (Wildman–Crippen LogP) is 5.32. The molecule has 0 radical (unpaired) electrons. The monoisotopic (exact) mass is 435 g/mol. The molecule has 1 N–H and O–H groups in total. The zero-order chi connectivity index (χ0) is 23.3. The summed E-state index contributed by atoms with van der Waals surface area (Å²) in [4.78, 5) is 29.5. The van der Waals surface area contributed by atoms with Crippen molar-refractivity contribution < 1.29 is 9.59 Å². The molecule has 2 aromatic carbocycles. The molecule has 3 rings (SSSR count). The number of hydrogen-bond donors (Lipinski definition) is 1. The standard InChI is InChI=1S/C27H37N3O2/c1-6-20(7-2)26(32)30-18-16-29(17-19-30)24-14-12-23(13-15-24)28-25(31)21-8-10-22(11-9-21)27(3,4)5/h8-15,20H,6-7,16-19H2,1-5H3,(H,28,31). The summed E-state index contributed by atoms with van der Waals surface area (Å²) in [6, 6.07) is 15.8. The Morgan fingerprint density at radius 2 is 1.44 bits per heavy atom. The predicted molar refractivity (Wildman–Crippen MR) is 132 cm³/mol. The largest absolute Gasteiger partial charge is 0.368 e. The Hall–Kier alpha value is -2.82. The van der Waals surface area contributed by atoms with Crippen LogP contribution in [0.2, 0.25) is 0 Å². The average molecular weight is 436 g/mol. The van der Waals surface area contributed by atoms with Crippen LogP contribution in [0.3, 0.4) is 0 Å². The molecule has 0 saturated carbocycles. The van der Waals surface area contributed by atoms with E-state index in [1.807, 2.05) is 53.4 Å². The number of nitrogens with zero attached hydrogens (tertiary/aromatic N) is 2. The number of amides is 2. The van der Waals surface area contributed by atoms with Crippen molar-refractivity contribution in [3.63, 3.8) is 0 Å². The van der Waals surface area contributed by atoms with Crippen molar-refractivity contribution in [2.45, 2.75) is 52.9 Å². The molecule has 1 aliphatic heterocycles. The van der Waals surface area contributed by atoms with Gasteiger partial charge in [0.25, 0.3) is 5.91 Å². The van der Waals surface area contributed by atoms with E-state index in [1.165, 1.54) is 5.56 Å². The maximum Gasteiger partial charge on any atom is 0.255 e. The van der Waals surface area contributed by atoms with E-state index in [4.69, 9.17) is 0 Å². The van der Waals surface area contributed by atoms with Gasteiger partial charge in [-0.05, 0) is 60.2 Å². The van der Waals surface area contributed by atoms with Gasteiger partial charge >= 0.3 is 0 Å². The van der Waals surface area contributed by atoms with Crippen LogP contribution in [-0.2, 0) is 10.2 Å². The number of carbonyl (C=O) groups excluding carboxylic acids is 2. The van der Waals surface area contributed by atoms with Gasteiger partial charge < -0.3 is 15.1 Å². The number of carbonyl (C=O) groups is 2. The molecule has 0 bridgehead atoms. The smallest absolute Gasteiger partial charge is 0.255 e. The van der Waals surface area contributed by atoms with Crippen LogP contribution in [0.4, 0.5) is 11.4 Å². The molecule has 0 unspecified atom stereocenters. The van der Waals surface area contributed by atoms with Crippen LogP contribution in [0.1, 0.15) is 63.4 Å². The number of benzene rings is 2. The van der Waals surface area contributed by atoms with Crippen LogP contribution in [0, 0.1) is 5.92 Å². The molecule has 1 heterocycles. The molecule has 0 aliphatic carbocycles. The Morgan fingerprint density at radius 3 is 1.94 bits per heavy atom. The highest BCUT2D eigenvalue weighted by Gasteiger charge is 2.25. The molecule has 0 atom stereocenters. The summed E-state index contributed by atoms with van der Waals surface area (Å²) in [5.41, 5.74) is 3.82. The first-order chi connectivity index (χ1) is 15.2. The van der Waals surface area contributed by atoms with Gasteiger partial charge in [0, 0.05) is 49.0 Å². The molecule has 1 fully saturated rings. The minimum Gasteiger partial charge on any atom is -0.368 e. The molecule has 5 heteroatoms. The molecule has 2 aromatic rings. The summed E-state index contributed by atoms with van der Waals surface area (Å²) in [5.74, 6) is 0.337. The van der Waals surface area contributed by atoms with Crippen molar-refractivity contribution in [3.05, 3.63) is 59.7 Å². The van der Waals surface area contributed by atoms with Crippen molar-refractivity contribution in [2.24, 2.45) is 5.92 Å². The average Bonchev–Trinajstić information content (AvgIpc) is 2.80. The van der Waals surface area contributed by atoms with E-state index in [0.29, 0.717) is 11.5 Å². The Morgan fingerprint density at radius 1 is 0.875 bits per heavy atom. The third kappa shape index (κ3) is 5.70. The van der Waals surface area contributed by atoms with Gasteiger partial charge in [0.2, 0.25) is 5.91 Å². The number of hydrogen-bond acceptors (Lipinski definition) is 3. The highest BCUT2D eigenvalue weighted by Crippen LogP contribution is 2.24. The topological polar surface area (TPSA) is 52.7 Å². The van der Waals surface area contributed by atoms with Crippen molar-refractivity contribution >= 4 is 23.2 Å². The summed E-state index contributed by atoms with van der Waals surface area (Å²) in [6.07, 6.45) is 1.81. The maximum absolute atomic E-state index is 12.6. The number of anilines is 2. The normalized spacial score (nSPS) is 14.6. The second kappa shape index (κ2) is 10.2. The fourth-order valence-electron chi connectivity index (χ4n) is 4.16. The molecule has 1 aliphatic rings. The third-order valence-corrected chi connectivity index (χ3v) is 6.43. The lowest BCUT2D eigenvalue weighted by molar-refractivity contribution is -0.136. The van der Waals surface area contributed by atoms with Gasteiger partial charge in [0.1, 0.15) is 0 Å². The van der Waals surface area contributed by atoms with E-state index in [2.05, 4.69) is 44.8 Å². The van der Waals surface area contributed by atoms with Gasteiger partial charge in [-0.3, -0.25) is 9.59 Å². The van der Waals surface area contributed by atoms with Gasteiger partial charge in [-0.2, -0.15) is 0 Å². The van der Waals surface area contributed by atoms with E-state index in [9.17, 15) is 9.59 Å². The maximum atomic E-state index is 12.6. The SMILES string of the molecule is CCC(CC)C(=O)N1CCN(c2ccc(NC(=O)c3ccc(C(C)(C)C)cc3)cc2)CC1. The zero-order valence-corrected chi connectivity index (χ0v) is 20.1. The van der Waals surface area contributed by atoms with Gasteiger partial charge in [0.15, 0.2) is 0 Å². The van der Waals surface area contributed by atoms with E-state index in [-0.39, 0.29) is 17.2 Å². The molecule has 0 spiro atoms. The zero-order valence-electron chi connectivity index (χ0n) is 20.1. The van der Waals surface area contributed by atoms with Gasteiger partial charge in [-0.15, -0.1) is 0 Å². The van der Waals surface area contributed by atoms with Crippen LogP contribution in [-0.4, -0.2) is 42.9 Å². The summed E-state index contributed by atoms with van der Waals surface area (Å²) in [7, 11) is 0. The van der Waals surface area contributed by atoms with Crippen LogP contribution in [0.25, 0.3) is 0 Å². The molecule has 32 heavy (non-hydrogen) atoms. The first-order valence-electron chi connectivity index (χ1n) is 11.8. The summed E-state index contributed by atoms with van der Waals surface area (Å²) in [5, 5.41) is 2.98. The van der Waals surface area contributed by atoms with Gasteiger partial charge in [-0.1, -0.05) is 46.8 Å². The Kier molecular flexibility index (Phi) is 7.60. The molecular formula is C27H37N3O2. The van der Waals surface area contributed by atoms with Crippen molar-refractivity contribution in [3.8, 4) is 0 Å². The number of nitrogens with one attached hydrogen (secondary N) is 1. The van der Waals surface area contributed by atoms with Crippen LogP contribution in [0.15, 0.2) is 48.5 Å². The first kappa shape index (κ1) is 23.8. The quantitative estimate of drug-likeness (QED) is 0.668. The highest BCUT2D eigenvalue weighted by molar-refractivity contribution is 6.04. The second-order valence-corrected chi connectivity index (χ2v) is 9.65. The second-order valence-electron chi connectivity index (χ2n) is 9.65. The molecule has 0 aromatic heterocycles. The van der Waals surface area contributed by atoms with E-state index in [0.717, 1.165) is 50.4 Å². The lowest BCUT2D eigenvalue weighted by Gasteiger charge is -2.37. The van der Waals surface area contributed by atoms with Crippen molar-refractivity contribution in [1.82, 2.24) is 4.90 Å². The lowest BCUT2D eigenvalue weighted by Crippen LogP contribution is -2.50. The van der Waals surface area contributed by atoms with E-state index < -0.39 is 0 Å². The molecule has 5 nitrogen and oxygen atoms in total. The summed E-state index contributed by atoms with van der Waals surface area (Å²) < 4.78 is 0. The lowest BCUT2D eigenvalue weighted by atomic mass is 9.87. The highest BCUT2D eigenvalue weighted by atomic mass is 16.2. The number of piperazine rings is 1. The van der Waals surface area contributed by atoms with Crippen LogP contribution in [0.5, 0.6) is 0 Å². The first-order valence-corrected chi connectivity index (χ1v) is 11.8. The van der Waals surface area contributed by atoms with Crippen LogP contribution >= 0.6 is 0 Å². The molecule has 172 valence electrons. The van der Waals surface area contributed by atoms with E-state index in [1.54, 1.807) is 0 Å². The molecule has 2 amide bonds. The minimum atomic E-state index is -0.105. The number of rotatable bonds is 6. The Bertz CT molecular complexity index is 901. The molecule has 1 saturated heterocycles. The minimum absolute atomic E-state index is 0.0668. The Labute approximate surface area is 192 Å². The molecular weight excluding hydrogens is 398 g/mol. The van der Waals surface area contributed by atoms with Gasteiger partial charge in [0.05, 0.1) is 0 Å². The van der Waals surface area contributed by atoms with Gasteiger partial charge in [-0.25, -0.2) is 0 Å². The van der Waals surface area contributed by atoms with Crippen LogP contribution < -0.4 is 10.2 Å². The fraction of sp³-hybridized carbons (Fsp3) is 0.481. The van der Waals surface area contributed by atoms with E-state index >= 15 is 0 Å². The summed E-state index contributed by atoms with van der Waals surface area (Å²) >= 11 is 0. The fourth-order valence-corrected chi connectivity index (χ4v) is 4.16. The Balaban J connectivity index is 1.55. The summed E-state index contributed by atoms with van der Waals surface area (Å²) in [6.45, 7) is 13.8. The van der Waals surface area contributed by atoms with Crippen molar-refractivity contribution in [1.29, 1.82) is 0 Å². The van der Waals surface area contributed by atoms with Crippen molar-refractivity contribution in [2.75, 3.05) is 36.4 Å². The third-order valence-electron chi connectivity index (χ3n) is 6.43.